The van der Waals surface area contributed by atoms with Crippen molar-refractivity contribution in [3.8, 4) is 0 Å². The molecule has 3 aliphatic carbocycles. The van der Waals surface area contributed by atoms with E-state index in [0.29, 0.717) is 56.8 Å². The molecule has 1 aromatic carbocycles. The van der Waals surface area contributed by atoms with Gasteiger partial charge in [0, 0.05) is 50.0 Å². The van der Waals surface area contributed by atoms with Crippen molar-refractivity contribution in [2.75, 3.05) is 39.5 Å². The van der Waals surface area contributed by atoms with Gasteiger partial charge in [0.15, 0.2) is 17.5 Å². The molecule has 0 radical (unpaired) electrons. The lowest BCUT2D eigenvalue weighted by molar-refractivity contribution is -0.345. The van der Waals surface area contributed by atoms with E-state index in [1.165, 1.54) is 20.0 Å². The largest absolute Gasteiger partial charge is 0.456 e. The third-order valence-electron chi connectivity index (χ3n) is 14.9. The number of esters is 3. The van der Waals surface area contributed by atoms with Gasteiger partial charge in [0.05, 0.1) is 43.1 Å². The van der Waals surface area contributed by atoms with Gasteiger partial charge < -0.3 is 53.4 Å². The summed E-state index contributed by atoms with van der Waals surface area (Å²) in [6.45, 7) is 17.9. The van der Waals surface area contributed by atoms with E-state index in [1.54, 1.807) is 76.2 Å². The molecule has 5 fully saturated rings. The summed E-state index contributed by atoms with van der Waals surface area (Å²) in [7, 11) is 0. The van der Waals surface area contributed by atoms with E-state index in [1.807, 2.05) is 20.8 Å². The zero-order valence-corrected chi connectivity index (χ0v) is 39.4. The number of aliphatic hydroxyl groups is 2. The number of ether oxygens (including phenoxy) is 8. The molecule has 3 aliphatic heterocycles. The maximum Gasteiger partial charge on any atom is 0.408 e. The van der Waals surface area contributed by atoms with Crippen molar-refractivity contribution in [1.29, 1.82) is 0 Å². The first-order valence-corrected chi connectivity index (χ1v) is 23.0. The molecule has 0 spiro atoms. The van der Waals surface area contributed by atoms with Crippen LogP contribution in [0, 0.1) is 16.7 Å². The van der Waals surface area contributed by atoms with Gasteiger partial charge in [-0.15, -0.1) is 0 Å². The van der Waals surface area contributed by atoms with Crippen molar-refractivity contribution < 1.29 is 67.3 Å². The number of carbonyl (C=O) groups excluding carboxylic acids is 4. The molecule has 8 rings (SSSR count). The van der Waals surface area contributed by atoms with Crippen LogP contribution in [0.5, 0.6) is 0 Å². The Kier molecular flexibility index (Phi) is 12.8. The smallest absolute Gasteiger partial charge is 0.408 e. The Labute approximate surface area is 385 Å². The summed E-state index contributed by atoms with van der Waals surface area (Å²) in [4.78, 5) is 62.4. The van der Waals surface area contributed by atoms with Gasteiger partial charge in [0.2, 0.25) is 0 Å². The molecule has 12 atom stereocenters. The third kappa shape index (κ3) is 8.42. The number of nitrogens with one attached hydrogen (secondary N) is 1. The second kappa shape index (κ2) is 17.5. The summed E-state index contributed by atoms with van der Waals surface area (Å²) in [5, 5.41) is 29.0. The van der Waals surface area contributed by atoms with E-state index in [0.717, 1.165) is 0 Å². The van der Waals surface area contributed by atoms with Gasteiger partial charge in [-0.25, -0.2) is 14.4 Å². The van der Waals surface area contributed by atoms with Crippen LogP contribution in [-0.2, 0) is 47.5 Å². The number of alkyl carbamates (subject to hydrolysis) is 1. The average molecular weight is 920 g/mol. The maximum atomic E-state index is 14.8. The van der Waals surface area contributed by atoms with Crippen LogP contribution in [0.4, 0.5) is 4.79 Å². The van der Waals surface area contributed by atoms with Gasteiger partial charge in [0.25, 0.3) is 0 Å². The van der Waals surface area contributed by atoms with Gasteiger partial charge in [0.1, 0.15) is 41.7 Å². The van der Waals surface area contributed by atoms with Crippen molar-refractivity contribution in [1.82, 2.24) is 15.2 Å². The molecule has 1 aromatic heterocycles. The van der Waals surface area contributed by atoms with Gasteiger partial charge >= 0.3 is 24.0 Å². The number of rotatable bonds is 10. The molecule has 6 aliphatic rings. The van der Waals surface area contributed by atoms with E-state index < -0.39 is 106 Å². The Morgan fingerprint density at radius 1 is 0.985 bits per heavy atom. The first-order chi connectivity index (χ1) is 31.0. The minimum absolute atomic E-state index is 0.0363. The van der Waals surface area contributed by atoms with Crippen molar-refractivity contribution in [3.63, 3.8) is 0 Å². The Morgan fingerprint density at radius 2 is 1.68 bits per heavy atom. The summed E-state index contributed by atoms with van der Waals surface area (Å²) in [5.74, 6) is -3.40. The Morgan fingerprint density at radius 3 is 2.30 bits per heavy atom. The third-order valence-corrected chi connectivity index (χ3v) is 14.9. The highest BCUT2D eigenvalue weighted by Crippen LogP contribution is 2.66. The van der Waals surface area contributed by atoms with Crippen LogP contribution in [0.25, 0.3) is 0 Å². The fourth-order valence-corrected chi connectivity index (χ4v) is 11.6. The second-order valence-corrected chi connectivity index (χ2v) is 20.7. The molecule has 4 heterocycles. The molecular formula is C49H65N3O14. The first kappa shape index (κ1) is 48.0. The average Bonchev–Trinajstić information content (AvgIpc) is 3.66. The van der Waals surface area contributed by atoms with Gasteiger partial charge in [-0.05, 0) is 82.9 Å². The second-order valence-electron chi connectivity index (χ2n) is 20.7. The van der Waals surface area contributed by atoms with E-state index in [-0.39, 0.29) is 24.3 Å². The van der Waals surface area contributed by atoms with Crippen molar-refractivity contribution in [3.05, 3.63) is 77.1 Å². The molecule has 2 bridgehead atoms. The fraction of sp³-hybridized carbons (Fsp3) is 0.653. The predicted molar refractivity (Wildman–Crippen MR) is 234 cm³/mol. The molecule has 66 heavy (non-hydrogen) atoms. The van der Waals surface area contributed by atoms with E-state index in [9.17, 15) is 29.4 Å². The molecule has 2 saturated carbocycles. The SMILES string of the molecule is CC(=O)O[C@@]12CO[C@@H]1CC[C@@]1(C)[C@@H]3O[C@H](CN4CCOCC4)O[C@@H]3C3=C(C)[C@@H](OC(=O)[C@](C)(O)[C@@H](NC(=O)OC(C)(C)C)c4ccccn4)C[C@@](O)([C@@H](OC(=O)c4ccccc4)[C@@H]12)C3(C)C. The number of hydrogen-bond acceptors (Lipinski definition) is 16. The first-order valence-electron chi connectivity index (χ1n) is 23.0. The zero-order valence-electron chi connectivity index (χ0n) is 39.4. The summed E-state index contributed by atoms with van der Waals surface area (Å²) in [6.07, 6.45) is -4.52. The van der Waals surface area contributed by atoms with Gasteiger partial charge in [-0.3, -0.25) is 14.7 Å². The molecule has 2 aromatic rings. The lowest BCUT2D eigenvalue weighted by Crippen LogP contribution is -2.79. The quantitative estimate of drug-likeness (QED) is 0.169. The molecular weight excluding hydrogens is 855 g/mol. The Bertz CT molecular complexity index is 2190. The van der Waals surface area contributed by atoms with Crippen LogP contribution in [0.1, 0.15) is 104 Å². The topological polar surface area (TPSA) is 211 Å². The van der Waals surface area contributed by atoms with E-state index >= 15 is 0 Å². The zero-order chi connectivity index (χ0) is 47.6. The van der Waals surface area contributed by atoms with Crippen molar-refractivity contribution in [2.45, 2.75) is 147 Å². The number of pyridine rings is 1. The molecule has 17 heteroatoms. The lowest BCUT2D eigenvalue weighted by Gasteiger charge is -2.68. The van der Waals surface area contributed by atoms with Gasteiger partial charge in [-0.2, -0.15) is 0 Å². The standard InChI is InChI=1S/C49H65N3O14/c1-28-32(61-42(55)47(9,57)38(31-17-13-14-20-50-31)51-43(56)66-44(3,4)5)25-49(58)40(64-41(54)30-15-11-10-12-16-30)37-46(8,19-18-33-48(37,27-60-33)65-29(2)53)39-36(35(28)45(49,6)7)62-34(63-39)26-52-21-23-59-24-22-52/h10-17,20,32-34,36-40,57-58H,18-19,21-27H2,1-9H3,(H,51,56)/t32-,33+,34+,36+,37-,38-,39+,40-,46+,47+,48-,49+/m0/s1. The molecule has 3 N–H and O–H groups in total. The van der Waals surface area contributed by atoms with Crippen LogP contribution in [0.2, 0.25) is 0 Å². The molecule has 3 saturated heterocycles. The number of benzene rings is 1. The number of morpholine rings is 1. The highest BCUT2D eigenvalue weighted by atomic mass is 16.7. The predicted octanol–water partition coefficient (Wildman–Crippen LogP) is 4.59. The number of aromatic nitrogens is 1. The fourth-order valence-electron chi connectivity index (χ4n) is 11.6. The normalized spacial score (nSPS) is 35.2. The number of amides is 1. The molecule has 0 unspecified atom stereocenters. The summed E-state index contributed by atoms with van der Waals surface area (Å²) in [6, 6.07) is 11.8. The van der Waals surface area contributed by atoms with Crippen LogP contribution >= 0.6 is 0 Å². The van der Waals surface area contributed by atoms with E-state index in [4.69, 9.17) is 37.9 Å². The van der Waals surface area contributed by atoms with Crippen LogP contribution < -0.4 is 5.32 Å². The summed E-state index contributed by atoms with van der Waals surface area (Å²) < 4.78 is 51.0. The minimum atomic E-state index is -2.47. The minimum Gasteiger partial charge on any atom is -0.456 e. The number of hydrogen-bond donors (Lipinski definition) is 3. The summed E-state index contributed by atoms with van der Waals surface area (Å²) >= 11 is 0. The van der Waals surface area contributed by atoms with Crippen LogP contribution in [0.15, 0.2) is 65.9 Å². The maximum absolute atomic E-state index is 14.8. The molecule has 17 nitrogen and oxygen atoms in total. The highest BCUT2D eigenvalue weighted by Gasteiger charge is 2.77. The van der Waals surface area contributed by atoms with Crippen molar-refractivity contribution >= 4 is 24.0 Å². The van der Waals surface area contributed by atoms with E-state index in [2.05, 4.69) is 15.2 Å². The summed E-state index contributed by atoms with van der Waals surface area (Å²) in [5.41, 5.74) is -7.66. The highest BCUT2D eigenvalue weighted by molar-refractivity contribution is 5.89. The van der Waals surface area contributed by atoms with Crippen LogP contribution in [0.3, 0.4) is 0 Å². The Hall–Kier alpha value is -4.49. The monoisotopic (exact) mass is 919 g/mol. The van der Waals surface area contributed by atoms with Crippen LogP contribution in [-0.4, -0.2) is 143 Å². The number of fused-ring (bicyclic) bond motifs is 8. The lowest BCUT2D eigenvalue weighted by atomic mass is 9.45. The van der Waals surface area contributed by atoms with Crippen molar-refractivity contribution in [2.24, 2.45) is 16.7 Å². The van der Waals surface area contributed by atoms with Gasteiger partial charge in [-0.1, -0.05) is 45.0 Å². The number of carbonyl (C=O) groups is 4. The molecule has 360 valence electrons. The molecule has 1 amide bonds. The Balaban J connectivity index is 1.27. The number of nitrogens with zero attached hydrogens (tertiary/aromatic N) is 2.